The molecular formula is C23H14O6. The fraction of sp³-hybridized carbons (Fsp3) is 0.0435. The van der Waals surface area contributed by atoms with E-state index in [1.54, 1.807) is 18.2 Å². The molecule has 2 aromatic heterocycles. The van der Waals surface area contributed by atoms with Crippen molar-refractivity contribution in [2.45, 2.75) is 6.61 Å². The SMILES string of the molecule is O=c1cc(O)c2ccc(OCc3cc(=O)oc4ccc5ccccc5c34)cc2o1. The van der Waals surface area contributed by atoms with Crippen LogP contribution in [0.4, 0.5) is 0 Å². The van der Waals surface area contributed by atoms with Gasteiger partial charge in [0.2, 0.25) is 0 Å². The second kappa shape index (κ2) is 6.53. The lowest BCUT2D eigenvalue weighted by molar-refractivity contribution is 0.306. The Balaban J connectivity index is 1.59. The van der Waals surface area contributed by atoms with Crippen LogP contribution in [-0.4, -0.2) is 5.11 Å². The first kappa shape index (κ1) is 17.1. The van der Waals surface area contributed by atoms with Crippen LogP contribution in [0.1, 0.15) is 5.56 Å². The van der Waals surface area contributed by atoms with Crippen molar-refractivity contribution in [3.8, 4) is 11.5 Å². The van der Waals surface area contributed by atoms with Crippen molar-refractivity contribution in [3.05, 3.63) is 93.1 Å². The van der Waals surface area contributed by atoms with Gasteiger partial charge in [0.25, 0.3) is 0 Å². The maximum Gasteiger partial charge on any atom is 0.339 e. The molecule has 0 bridgehead atoms. The Morgan fingerprint density at radius 1 is 0.793 bits per heavy atom. The van der Waals surface area contributed by atoms with Crippen molar-refractivity contribution < 1.29 is 18.7 Å². The molecule has 29 heavy (non-hydrogen) atoms. The Morgan fingerprint density at radius 2 is 1.59 bits per heavy atom. The molecule has 6 nitrogen and oxygen atoms in total. The molecule has 0 aliphatic rings. The van der Waals surface area contributed by atoms with Crippen molar-refractivity contribution in [1.82, 2.24) is 0 Å². The molecule has 142 valence electrons. The zero-order chi connectivity index (χ0) is 20.0. The van der Waals surface area contributed by atoms with Gasteiger partial charge in [0.1, 0.15) is 29.3 Å². The Hall–Kier alpha value is -4.06. The van der Waals surface area contributed by atoms with Crippen LogP contribution >= 0.6 is 0 Å². The minimum absolute atomic E-state index is 0.116. The van der Waals surface area contributed by atoms with E-state index in [9.17, 15) is 14.7 Å². The van der Waals surface area contributed by atoms with E-state index >= 15 is 0 Å². The lowest BCUT2D eigenvalue weighted by Gasteiger charge is -2.11. The summed E-state index contributed by atoms with van der Waals surface area (Å²) in [5.74, 6) is 0.286. The van der Waals surface area contributed by atoms with E-state index in [0.29, 0.717) is 22.3 Å². The third-order valence-corrected chi connectivity index (χ3v) is 4.80. The summed E-state index contributed by atoms with van der Waals surface area (Å²) in [6.07, 6.45) is 0. The topological polar surface area (TPSA) is 89.9 Å². The van der Waals surface area contributed by atoms with E-state index in [-0.39, 0.29) is 17.9 Å². The minimum atomic E-state index is -0.648. The average Bonchev–Trinajstić information content (AvgIpc) is 2.71. The monoisotopic (exact) mass is 386 g/mol. The van der Waals surface area contributed by atoms with Crippen LogP contribution in [0.3, 0.4) is 0 Å². The van der Waals surface area contributed by atoms with Gasteiger partial charge in [-0.3, -0.25) is 0 Å². The van der Waals surface area contributed by atoms with Crippen LogP contribution in [0.15, 0.2) is 85.2 Å². The molecule has 2 heterocycles. The highest BCUT2D eigenvalue weighted by Crippen LogP contribution is 2.30. The number of aromatic hydroxyl groups is 1. The number of hydrogen-bond donors (Lipinski definition) is 1. The summed E-state index contributed by atoms with van der Waals surface area (Å²) in [7, 11) is 0. The highest BCUT2D eigenvalue weighted by Gasteiger charge is 2.11. The van der Waals surface area contributed by atoms with Crippen molar-refractivity contribution in [1.29, 1.82) is 0 Å². The maximum atomic E-state index is 12.0. The van der Waals surface area contributed by atoms with Gasteiger partial charge in [-0.15, -0.1) is 0 Å². The van der Waals surface area contributed by atoms with Gasteiger partial charge in [-0.05, 0) is 29.0 Å². The van der Waals surface area contributed by atoms with Crippen LogP contribution in [0.2, 0.25) is 0 Å². The van der Waals surface area contributed by atoms with Crippen LogP contribution in [0, 0.1) is 0 Å². The highest BCUT2D eigenvalue weighted by atomic mass is 16.5. The van der Waals surface area contributed by atoms with Gasteiger partial charge in [-0.2, -0.15) is 0 Å². The average molecular weight is 386 g/mol. The molecule has 0 atom stereocenters. The molecule has 0 unspecified atom stereocenters. The first-order valence-corrected chi connectivity index (χ1v) is 8.93. The normalized spacial score (nSPS) is 11.3. The smallest absolute Gasteiger partial charge is 0.339 e. The predicted octanol–water partition coefficient (Wildman–Crippen LogP) is 4.34. The first-order chi connectivity index (χ1) is 14.1. The Morgan fingerprint density at radius 3 is 2.48 bits per heavy atom. The van der Waals surface area contributed by atoms with Gasteiger partial charge in [0.15, 0.2) is 0 Å². The van der Waals surface area contributed by atoms with E-state index in [1.807, 2.05) is 30.3 Å². The summed E-state index contributed by atoms with van der Waals surface area (Å²) in [6, 6.07) is 18.7. The molecule has 0 spiro atoms. The molecule has 0 aliphatic carbocycles. The second-order valence-electron chi connectivity index (χ2n) is 6.65. The van der Waals surface area contributed by atoms with Gasteiger partial charge in [0, 0.05) is 23.1 Å². The lowest BCUT2D eigenvalue weighted by atomic mass is 10.0. The van der Waals surface area contributed by atoms with Gasteiger partial charge in [0.05, 0.1) is 11.5 Å². The van der Waals surface area contributed by atoms with Crippen LogP contribution in [0.25, 0.3) is 32.7 Å². The molecule has 5 aromatic rings. The van der Waals surface area contributed by atoms with E-state index in [1.165, 1.54) is 12.1 Å². The van der Waals surface area contributed by atoms with Crippen molar-refractivity contribution >= 4 is 32.7 Å². The molecule has 3 aromatic carbocycles. The third-order valence-electron chi connectivity index (χ3n) is 4.80. The van der Waals surface area contributed by atoms with Crippen LogP contribution in [-0.2, 0) is 6.61 Å². The fourth-order valence-electron chi connectivity index (χ4n) is 3.51. The number of hydrogen-bond acceptors (Lipinski definition) is 6. The van der Waals surface area contributed by atoms with E-state index in [2.05, 4.69) is 0 Å². The lowest BCUT2D eigenvalue weighted by Crippen LogP contribution is -2.04. The summed E-state index contributed by atoms with van der Waals surface area (Å²) in [5.41, 5.74) is 0.288. The zero-order valence-corrected chi connectivity index (χ0v) is 15.0. The molecule has 0 aliphatic heterocycles. The van der Waals surface area contributed by atoms with E-state index < -0.39 is 11.3 Å². The molecule has 1 N–H and O–H groups in total. The van der Waals surface area contributed by atoms with Crippen molar-refractivity contribution in [2.24, 2.45) is 0 Å². The minimum Gasteiger partial charge on any atom is -0.507 e. The number of fused-ring (bicyclic) bond motifs is 4. The van der Waals surface area contributed by atoms with Crippen molar-refractivity contribution in [2.75, 3.05) is 0 Å². The molecule has 6 heteroatoms. The van der Waals surface area contributed by atoms with E-state index in [0.717, 1.165) is 22.2 Å². The Kier molecular flexibility index (Phi) is 3.84. The number of rotatable bonds is 3. The molecule has 0 saturated heterocycles. The third kappa shape index (κ3) is 3.00. The highest BCUT2D eigenvalue weighted by molar-refractivity contribution is 6.07. The molecule has 0 radical (unpaired) electrons. The zero-order valence-electron chi connectivity index (χ0n) is 15.0. The Labute approximate surface area is 163 Å². The summed E-state index contributed by atoms with van der Waals surface area (Å²) < 4.78 is 16.3. The summed E-state index contributed by atoms with van der Waals surface area (Å²) >= 11 is 0. The molecule has 0 saturated carbocycles. The Bertz CT molecular complexity index is 1510. The summed E-state index contributed by atoms with van der Waals surface area (Å²) in [6.45, 7) is 0.116. The first-order valence-electron chi connectivity index (χ1n) is 8.93. The predicted molar refractivity (Wildman–Crippen MR) is 108 cm³/mol. The quantitative estimate of drug-likeness (QED) is 0.366. The standard InChI is InChI=1S/C23H14O6/c24-18-11-22(26)29-20-10-15(6-7-17(18)20)27-12-14-9-21(25)28-19-8-5-13-3-1-2-4-16(13)23(14)19/h1-11,24H,12H2. The molecule has 5 rings (SSSR count). The molecular weight excluding hydrogens is 372 g/mol. The summed E-state index contributed by atoms with van der Waals surface area (Å²) in [4.78, 5) is 23.5. The largest absolute Gasteiger partial charge is 0.507 e. The van der Waals surface area contributed by atoms with Gasteiger partial charge >= 0.3 is 11.3 Å². The van der Waals surface area contributed by atoms with Crippen LogP contribution < -0.4 is 16.0 Å². The maximum absolute atomic E-state index is 12.0. The number of benzene rings is 3. The fourth-order valence-corrected chi connectivity index (χ4v) is 3.51. The summed E-state index contributed by atoms with van der Waals surface area (Å²) in [5, 5.41) is 13.1. The van der Waals surface area contributed by atoms with Gasteiger partial charge < -0.3 is 18.7 Å². The molecule has 0 amide bonds. The van der Waals surface area contributed by atoms with Crippen molar-refractivity contribution in [3.63, 3.8) is 0 Å². The number of ether oxygens (including phenoxy) is 1. The van der Waals surface area contributed by atoms with E-state index in [4.69, 9.17) is 13.6 Å². The second-order valence-corrected chi connectivity index (χ2v) is 6.65. The van der Waals surface area contributed by atoms with Gasteiger partial charge in [-0.25, -0.2) is 9.59 Å². The van der Waals surface area contributed by atoms with Gasteiger partial charge in [-0.1, -0.05) is 30.3 Å². The molecule has 0 fully saturated rings. The van der Waals surface area contributed by atoms with Crippen LogP contribution in [0.5, 0.6) is 11.5 Å².